The van der Waals surface area contributed by atoms with Crippen molar-refractivity contribution in [3.63, 3.8) is 0 Å². The lowest BCUT2D eigenvalue weighted by molar-refractivity contribution is -0.384. The fourth-order valence-corrected chi connectivity index (χ4v) is 3.96. The van der Waals surface area contributed by atoms with Crippen molar-refractivity contribution in [3.05, 3.63) is 62.3 Å². The molecule has 3 atom stereocenters. The molecule has 1 saturated heterocycles. The molecule has 0 aliphatic carbocycles. The van der Waals surface area contributed by atoms with Crippen molar-refractivity contribution in [2.45, 2.75) is 17.9 Å². The number of nitro benzene ring substituents is 1. The maximum atomic E-state index is 14.0. The van der Waals surface area contributed by atoms with Gasteiger partial charge in [0.1, 0.15) is 5.92 Å². The Morgan fingerprint density at radius 1 is 1.31 bits per heavy atom. The highest BCUT2D eigenvalue weighted by Gasteiger charge is 2.69. The van der Waals surface area contributed by atoms with Gasteiger partial charge in [-0.3, -0.25) is 19.8 Å². The average Bonchev–Trinajstić information content (AvgIpc) is 3.19. The summed E-state index contributed by atoms with van der Waals surface area (Å²) in [5.41, 5.74) is -4.10. The van der Waals surface area contributed by atoms with E-state index in [4.69, 9.17) is 0 Å². The Balaban J connectivity index is 2.17. The number of nitrogens with one attached hydrogen (secondary N) is 1. The van der Waals surface area contributed by atoms with E-state index >= 15 is 0 Å². The van der Waals surface area contributed by atoms with Crippen LogP contribution in [0.5, 0.6) is 0 Å². The van der Waals surface area contributed by atoms with Crippen LogP contribution in [0.4, 0.5) is 23.7 Å². The van der Waals surface area contributed by atoms with Gasteiger partial charge < -0.3 is 10.4 Å². The van der Waals surface area contributed by atoms with Crippen LogP contribution < -0.4 is 5.32 Å². The van der Waals surface area contributed by atoms with Crippen molar-refractivity contribution in [2.75, 3.05) is 7.05 Å². The van der Waals surface area contributed by atoms with Crippen molar-refractivity contribution >= 4 is 28.8 Å². The number of hydrogen-bond acceptors (Lipinski definition) is 6. The summed E-state index contributed by atoms with van der Waals surface area (Å²) in [5.74, 6) is -3.17. The van der Waals surface area contributed by atoms with Gasteiger partial charge in [0.15, 0.2) is 5.78 Å². The summed E-state index contributed by atoms with van der Waals surface area (Å²) in [6, 6.07) is 4.32. The highest BCUT2D eigenvalue weighted by Crippen LogP contribution is 2.47. The SMILES string of the molecule is CN1C(=O)NC(c2ccc([N+](=O)[O-])cc2)C(C(=O)c2cccs2)C1(O)C(F)(F)F. The van der Waals surface area contributed by atoms with E-state index in [0.717, 1.165) is 42.6 Å². The molecule has 1 aromatic heterocycles. The van der Waals surface area contributed by atoms with E-state index in [2.05, 4.69) is 5.32 Å². The molecule has 1 aromatic carbocycles. The third-order valence-electron chi connectivity index (χ3n) is 4.79. The Kier molecular flexibility index (Phi) is 5.09. The number of non-ortho nitro benzene ring substituents is 1. The van der Waals surface area contributed by atoms with E-state index in [-0.39, 0.29) is 21.0 Å². The van der Waals surface area contributed by atoms with Crippen molar-refractivity contribution in [1.82, 2.24) is 10.2 Å². The van der Waals surface area contributed by atoms with Crippen LogP contribution >= 0.6 is 11.3 Å². The van der Waals surface area contributed by atoms with Crippen LogP contribution in [0, 0.1) is 16.0 Å². The topological polar surface area (TPSA) is 113 Å². The molecule has 0 radical (unpaired) electrons. The fraction of sp³-hybridized carbons (Fsp3) is 0.294. The lowest BCUT2D eigenvalue weighted by atomic mass is 9.78. The fourth-order valence-electron chi connectivity index (χ4n) is 3.26. The molecule has 29 heavy (non-hydrogen) atoms. The number of hydrogen-bond donors (Lipinski definition) is 2. The van der Waals surface area contributed by atoms with Crippen LogP contribution in [0.25, 0.3) is 0 Å². The monoisotopic (exact) mass is 429 g/mol. The first kappa shape index (κ1) is 20.7. The van der Waals surface area contributed by atoms with Crippen LogP contribution in [0.2, 0.25) is 0 Å². The zero-order valence-electron chi connectivity index (χ0n) is 14.7. The lowest BCUT2D eigenvalue weighted by Crippen LogP contribution is -2.72. The number of aliphatic hydroxyl groups is 1. The third-order valence-corrected chi connectivity index (χ3v) is 5.67. The average molecular weight is 429 g/mol. The number of alkyl halides is 3. The number of rotatable bonds is 4. The quantitative estimate of drug-likeness (QED) is 0.441. The maximum Gasteiger partial charge on any atom is 0.437 e. The van der Waals surface area contributed by atoms with Crippen molar-refractivity contribution in [1.29, 1.82) is 0 Å². The van der Waals surface area contributed by atoms with Gasteiger partial charge >= 0.3 is 12.2 Å². The summed E-state index contributed by atoms with van der Waals surface area (Å²) >= 11 is 0.893. The normalized spacial score (nSPS) is 24.9. The Bertz CT molecular complexity index is 948. The first-order chi connectivity index (χ1) is 13.5. The molecule has 2 amide bonds. The first-order valence-corrected chi connectivity index (χ1v) is 9.02. The number of thiophene rings is 1. The number of nitrogens with zero attached hydrogens (tertiary/aromatic N) is 2. The minimum atomic E-state index is -5.35. The molecule has 2 heterocycles. The molecule has 0 saturated carbocycles. The highest BCUT2D eigenvalue weighted by atomic mass is 32.1. The summed E-state index contributed by atoms with van der Waals surface area (Å²) in [6.45, 7) is 0. The highest BCUT2D eigenvalue weighted by molar-refractivity contribution is 7.12. The second kappa shape index (κ2) is 7.12. The number of carbonyl (C=O) groups is 2. The molecule has 2 N–H and O–H groups in total. The number of halogens is 3. The molecule has 1 fully saturated rings. The first-order valence-electron chi connectivity index (χ1n) is 8.14. The minimum Gasteiger partial charge on any atom is -0.363 e. The lowest BCUT2D eigenvalue weighted by Gasteiger charge is -2.49. The van der Waals surface area contributed by atoms with Crippen LogP contribution in [0.3, 0.4) is 0 Å². The Morgan fingerprint density at radius 3 is 2.41 bits per heavy atom. The summed E-state index contributed by atoms with van der Waals surface area (Å²) in [5, 5.41) is 25.3. The molecule has 2 aromatic rings. The van der Waals surface area contributed by atoms with E-state index in [0.29, 0.717) is 0 Å². The molecule has 3 rings (SSSR count). The van der Waals surface area contributed by atoms with Crippen LogP contribution in [0.15, 0.2) is 41.8 Å². The Labute approximate surface area is 165 Å². The van der Waals surface area contributed by atoms with Crippen molar-refractivity contribution in [2.24, 2.45) is 5.92 Å². The van der Waals surface area contributed by atoms with E-state index in [1.807, 2.05) is 0 Å². The third kappa shape index (κ3) is 3.34. The van der Waals surface area contributed by atoms with E-state index < -0.39 is 40.6 Å². The van der Waals surface area contributed by atoms with Gasteiger partial charge in [0.2, 0.25) is 0 Å². The Hall–Kier alpha value is -2.99. The second-order valence-electron chi connectivity index (χ2n) is 6.38. The molecular formula is C17H14F3N3O5S. The van der Waals surface area contributed by atoms with E-state index in [9.17, 15) is 38.0 Å². The number of nitro groups is 1. The predicted octanol–water partition coefficient (Wildman–Crippen LogP) is 3.10. The maximum absolute atomic E-state index is 14.0. The molecule has 1 aliphatic rings. The number of amides is 2. The smallest absolute Gasteiger partial charge is 0.363 e. The molecule has 154 valence electrons. The molecule has 12 heteroatoms. The summed E-state index contributed by atoms with van der Waals surface area (Å²) in [4.78, 5) is 35.4. The van der Waals surface area contributed by atoms with Gasteiger partial charge in [-0.25, -0.2) is 4.79 Å². The van der Waals surface area contributed by atoms with Gasteiger partial charge in [-0.05, 0) is 17.0 Å². The van der Waals surface area contributed by atoms with Crippen LogP contribution in [-0.2, 0) is 0 Å². The van der Waals surface area contributed by atoms with Gasteiger partial charge in [-0.2, -0.15) is 13.2 Å². The van der Waals surface area contributed by atoms with Crippen LogP contribution in [0.1, 0.15) is 21.3 Å². The molecule has 0 bridgehead atoms. The number of carbonyl (C=O) groups excluding carboxylic acids is 2. The molecule has 0 spiro atoms. The largest absolute Gasteiger partial charge is 0.437 e. The van der Waals surface area contributed by atoms with Gasteiger partial charge in [0.25, 0.3) is 11.4 Å². The van der Waals surface area contributed by atoms with Gasteiger partial charge in [0, 0.05) is 19.2 Å². The second-order valence-corrected chi connectivity index (χ2v) is 7.33. The zero-order valence-corrected chi connectivity index (χ0v) is 15.5. The number of urea groups is 1. The van der Waals surface area contributed by atoms with Crippen molar-refractivity contribution < 1.29 is 32.8 Å². The zero-order chi connectivity index (χ0) is 21.6. The molecule has 8 nitrogen and oxygen atoms in total. The number of benzene rings is 1. The van der Waals surface area contributed by atoms with Gasteiger partial charge in [-0.1, -0.05) is 18.2 Å². The van der Waals surface area contributed by atoms with Gasteiger partial charge in [-0.15, -0.1) is 11.3 Å². The van der Waals surface area contributed by atoms with E-state index in [1.165, 1.54) is 17.5 Å². The minimum absolute atomic E-state index is 0.00892. The molecule has 1 aliphatic heterocycles. The predicted molar refractivity (Wildman–Crippen MR) is 95.3 cm³/mol. The Morgan fingerprint density at radius 2 is 1.93 bits per heavy atom. The standard InChI is InChI=1S/C17H14F3N3O5S/c1-22-15(25)21-13(9-4-6-10(7-5-9)23(27)28)12(16(22,26)17(18,19)20)14(24)11-3-2-8-29-11/h2-8,12-13,26H,1H3,(H,21,25). The van der Waals surface area contributed by atoms with E-state index in [1.54, 1.807) is 0 Å². The molecule has 3 unspecified atom stereocenters. The van der Waals surface area contributed by atoms with Crippen LogP contribution in [-0.4, -0.2) is 45.7 Å². The summed E-state index contributed by atoms with van der Waals surface area (Å²) in [6.07, 6.45) is -5.35. The number of ketones is 1. The van der Waals surface area contributed by atoms with Gasteiger partial charge in [0.05, 0.1) is 15.8 Å². The number of Topliss-reactive ketones (excluding diaryl/α,β-unsaturated/α-hetero) is 1. The summed E-state index contributed by atoms with van der Waals surface area (Å²) < 4.78 is 41.9. The molecular weight excluding hydrogens is 415 g/mol. The van der Waals surface area contributed by atoms with Crippen molar-refractivity contribution in [3.8, 4) is 0 Å². The summed E-state index contributed by atoms with van der Waals surface area (Å²) in [7, 11) is 0.740.